The lowest BCUT2D eigenvalue weighted by Crippen LogP contribution is -2.42. The average Bonchev–Trinajstić information content (AvgIpc) is 2.73. The number of aromatic amines is 1. The molecule has 29 heavy (non-hydrogen) atoms. The lowest BCUT2D eigenvalue weighted by atomic mass is 9.97. The van der Waals surface area contributed by atoms with Crippen LogP contribution in [-0.4, -0.2) is 59.1 Å². The summed E-state index contributed by atoms with van der Waals surface area (Å²) in [6, 6.07) is 11.2. The monoisotopic (exact) mass is 416 g/mol. The van der Waals surface area contributed by atoms with Gasteiger partial charge in [-0.1, -0.05) is 23.7 Å². The second-order valence-electron chi connectivity index (χ2n) is 7.87. The number of nitrogens with one attached hydrogen (secondary N) is 1. The molecule has 1 aromatic carbocycles. The molecule has 1 aromatic heterocycles. The number of hydrogen-bond donors (Lipinski definition) is 1. The molecule has 3 rings (SSSR count). The maximum atomic E-state index is 12.5. The summed E-state index contributed by atoms with van der Waals surface area (Å²) in [5.74, 6) is 0.630. The topological polar surface area (TPSA) is 69.3 Å². The summed E-state index contributed by atoms with van der Waals surface area (Å²) in [6.45, 7) is 3.98. The molecule has 2 heterocycles. The van der Waals surface area contributed by atoms with E-state index < -0.39 is 0 Å². The fourth-order valence-electron chi connectivity index (χ4n) is 3.87. The Morgan fingerprint density at radius 1 is 1.24 bits per heavy atom. The zero-order chi connectivity index (χ0) is 20.6. The van der Waals surface area contributed by atoms with E-state index in [9.17, 15) is 9.59 Å². The summed E-state index contributed by atoms with van der Waals surface area (Å²) in [4.78, 5) is 27.9. The van der Waals surface area contributed by atoms with Crippen LogP contribution in [0, 0.1) is 5.92 Å². The smallest absolute Gasteiger partial charge is 0.264 e. The van der Waals surface area contributed by atoms with Crippen molar-refractivity contribution < 1.29 is 4.79 Å². The number of likely N-dealkylation sites (tertiary alicyclic amines) is 1. The molecule has 1 amide bonds. The Morgan fingerprint density at radius 2 is 2.03 bits per heavy atom. The summed E-state index contributed by atoms with van der Waals surface area (Å²) in [5, 5.41) is 7.14. The van der Waals surface area contributed by atoms with Crippen LogP contribution >= 0.6 is 11.6 Å². The second kappa shape index (κ2) is 10.6. The zero-order valence-electron chi connectivity index (χ0n) is 16.9. The molecule has 2 aromatic rings. The number of aryl methyl sites for hydroxylation is 1. The van der Waals surface area contributed by atoms with Crippen LogP contribution in [0.5, 0.6) is 0 Å². The summed E-state index contributed by atoms with van der Waals surface area (Å²) in [5.41, 5.74) is 1.81. The fourth-order valence-corrected chi connectivity index (χ4v) is 4.00. The molecule has 0 bridgehead atoms. The molecule has 1 aliphatic heterocycles. The van der Waals surface area contributed by atoms with Gasteiger partial charge in [0.25, 0.3) is 5.56 Å². The van der Waals surface area contributed by atoms with Gasteiger partial charge in [-0.25, -0.2) is 5.10 Å². The Balaban J connectivity index is 1.41. The van der Waals surface area contributed by atoms with Crippen molar-refractivity contribution in [3.63, 3.8) is 0 Å². The molecule has 1 unspecified atom stereocenters. The van der Waals surface area contributed by atoms with Crippen molar-refractivity contribution in [3.8, 4) is 0 Å². The van der Waals surface area contributed by atoms with Crippen molar-refractivity contribution in [1.29, 1.82) is 0 Å². The lowest BCUT2D eigenvalue weighted by molar-refractivity contribution is -0.130. The minimum atomic E-state index is -0.227. The largest absolute Gasteiger partial charge is 0.345 e. The Morgan fingerprint density at radius 3 is 2.76 bits per heavy atom. The van der Waals surface area contributed by atoms with Gasteiger partial charge in [0.1, 0.15) is 0 Å². The Kier molecular flexibility index (Phi) is 7.83. The Hall–Kier alpha value is -2.18. The number of carbonyl (C=O) groups is 1. The highest BCUT2D eigenvalue weighted by atomic mass is 35.5. The van der Waals surface area contributed by atoms with Crippen LogP contribution in [0.15, 0.2) is 41.2 Å². The summed E-state index contributed by atoms with van der Waals surface area (Å²) < 4.78 is 0. The van der Waals surface area contributed by atoms with Gasteiger partial charge in [0.05, 0.1) is 5.69 Å². The van der Waals surface area contributed by atoms with Crippen molar-refractivity contribution in [2.24, 2.45) is 5.92 Å². The number of nitrogens with zero attached hydrogens (tertiary/aromatic N) is 3. The minimum absolute atomic E-state index is 0.122. The first-order valence-corrected chi connectivity index (χ1v) is 10.6. The van der Waals surface area contributed by atoms with E-state index in [1.165, 1.54) is 18.1 Å². The van der Waals surface area contributed by atoms with Gasteiger partial charge in [-0.2, -0.15) is 5.10 Å². The molecule has 1 saturated heterocycles. The van der Waals surface area contributed by atoms with Crippen LogP contribution in [0.3, 0.4) is 0 Å². The van der Waals surface area contributed by atoms with Crippen molar-refractivity contribution >= 4 is 17.5 Å². The molecule has 0 radical (unpaired) electrons. The maximum Gasteiger partial charge on any atom is 0.264 e. The summed E-state index contributed by atoms with van der Waals surface area (Å²) in [6.07, 6.45) is 4.30. The predicted octanol–water partition coefficient (Wildman–Crippen LogP) is 2.77. The number of halogens is 1. The van der Waals surface area contributed by atoms with Crippen LogP contribution < -0.4 is 5.56 Å². The third-order valence-corrected chi connectivity index (χ3v) is 5.77. The molecular weight excluding hydrogens is 388 g/mol. The molecule has 0 aliphatic carbocycles. The van der Waals surface area contributed by atoms with Crippen LogP contribution in [0.25, 0.3) is 0 Å². The van der Waals surface area contributed by atoms with Gasteiger partial charge < -0.3 is 9.80 Å². The van der Waals surface area contributed by atoms with Crippen LogP contribution in [-0.2, 0) is 17.6 Å². The fraction of sp³-hybridized carbons (Fsp3) is 0.500. The van der Waals surface area contributed by atoms with E-state index in [4.69, 9.17) is 11.6 Å². The first-order valence-electron chi connectivity index (χ1n) is 10.2. The van der Waals surface area contributed by atoms with Gasteiger partial charge in [-0.05, 0) is 55.5 Å². The molecule has 0 spiro atoms. The molecule has 1 N–H and O–H groups in total. The lowest BCUT2D eigenvalue weighted by Gasteiger charge is -2.34. The molecule has 0 saturated carbocycles. The van der Waals surface area contributed by atoms with E-state index in [1.54, 1.807) is 6.07 Å². The van der Waals surface area contributed by atoms with Crippen LogP contribution in [0.2, 0.25) is 5.02 Å². The summed E-state index contributed by atoms with van der Waals surface area (Å²) in [7, 11) is 1.88. The van der Waals surface area contributed by atoms with Gasteiger partial charge in [0.2, 0.25) is 5.91 Å². The molecule has 7 heteroatoms. The first-order chi connectivity index (χ1) is 14.0. The van der Waals surface area contributed by atoms with E-state index in [1.807, 2.05) is 24.1 Å². The molecular formula is C22H29ClN4O2. The number of amides is 1. The standard InChI is InChI=1S/C22H29ClN4O2/c1-26(22(29)11-9-20-8-10-21(28)25-24-20)15-18-3-2-13-27(16-18)14-12-17-4-6-19(23)7-5-17/h4-8,10,18H,2-3,9,11-16H2,1H3,(H,25,28). The number of carbonyl (C=O) groups excluding carboxylic acids is 1. The first kappa shape index (κ1) is 21.5. The maximum absolute atomic E-state index is 12.5. The number of benzene rings is 1. The number of H-pyrrole nitrogens is 1. The molecule has 1 fully saturated rings. The van der Waals surface area contributed by atoms with E-state index in [2.05, 4.69) is 27.2 Å². The number of piperidine rings is 1. The average molecular weight is 417 g/mol. The van der Waals surface area contributed by atoms with Gasteiger partial charge >= 0.3 is 0 Å². The third kappa shape index (κ3) is 6.98. The van der Waals surface area contributed by atoms with Crippen LogP contribution in [0.4, 0.5) is 0 Å². The third-order valence-electron chi connectivity index (χ3n) is 5.52. The van der Waals surface area contributed by atoms with Crippen molar-refractivity contribution in [2.75, 3.05) is 33.2 Å². The highest BCUT2D eigenvalue weighted by molar-refractivity contribution is 6.30. The van der Waals surface area contributed by atoms with Crippen molar-refractivity contribution in [1.82, 2.24) is 20.0 Å². The van der Waals surface area contributed by atoms with Crippen molar-refractivity contribution in [2.45, 2.75) is 32.1 Å². The van der Waals surface area contributed by atoms with Crippen molar-refractivity contribution in [3.05, 3.63) is 63.0 Å². The van der Waals surface area contributed by atoms with Gasteiger partial charge in [-0.15, -0.1) is 0 Å². The highest BCUT2D eigenvalue weighted by Gasteiger charge is 2.22. The number of hydrogen-bond acceptors (Lipinski definition) is 4. The van der Waals surface area contributed by atoms with Gasteiger partial charge in [0, 0.05) is 50.6 Å². The van der Waals surface area contributed by atoms with E-state index in [0.717, 1.165) is 49.7 Å². The quantitative estimate of drug-likeness (QED) is 0.718. The molecule has 1 aliphatic rings. The zero-order valence-corrected chi connectivity index (χ0v) is 17.7. The van der Waals surface area contributed by atoms with Gasteiger partial charge in [0.15, 0.2) is 0 Å². The second-order valence-corrected chi connectivity index (χ2v) is 8.31. The SMILES string of the molecule is CN(CC1CCCN(CCc2ccc(Cl)cc2)C1)C(=O)CCc1ccc(=O)[nH]n1. The van der Waals surface area contributed by atoms with E-state index in [-0.39, 0.29) is 11.5 Å². The van der Waals surface area contributed by atoms with E-state index in [0.29, 0.717) is 18.8 Å². The summed E-state index contributed by atoms with van der Waals surface area (Å²) >= 11 is 5.96. The normalized spacial score (nSPS) is 17.2. The number of aromatic nitrogens is 2. The Bertz CT molecular complexity index is 832. The Labute approximate surface area is 176 Å². The molecule has 156 valence electrons. The van der Waals surface area contributed by atoms with Gasteiger partial charge in [-0.3, -0.25) is 9.59 Å². The minimum Gasteiger partial charge on any atom is -0.345 e. The molecule has 6 nitrogen and oxygen atoms in total. The highest BCUT2D eigenvalue weighted by Crippen LogP contribution is 2.19. The van der Waals surface area contributed by atoms with Crippen LogP contribution in [0.1, 0.15) is 30.5 Å². The predicted molar refractivity (Wildman–Crippen MR) is 115 cm³/mol. The molecule has 1 atom stereocenters. The number of rotatable bonds is 8. The van der Waals surface area contributed by atoms with E-state index >= 15 is 0 Å².